The number of aromatic nitrogens is 3. The number of imidazole rings is 1. The zero-order valence-corrected chi connectivity index (χ0v) is 12.3. The zero-order chi connectivity index (χ0) is 14.3. The van der Waals surface area contributed by atoms with Crippen molar-refractivity contribution in [2.24, 2.45) is 0 Å². The second-order valence-electron chi connectivity index (χ2n) is 5.26. The second kappa shape index (κ2) is 5.05. The molecular weight excluding hydrogens is 276 g/mol. The number of fused-ring (bicyclic) bond motifs is 1. The van der Waals surface area contributed by atoms with Gasteiger partial charge in [0.15, 0.2) is 5.65 Å². The standard InChI is InChI=1S/C14H17ClN4O/c1-8-6-10-13(17-7-8)19(12(18-10)9(2)15)11-4-3-5-16-14(11)20/h6-7,9,11H,3-5H2,1-2H3,(H,16,20). The highest BCUT2D eigenvalue weighted by molar-refractivity contribution is 6.20. The minimum atomic E-state index is -0.265. The molecule has 1 N–H and O–H groups in total. The Labute approximate surface area is 122 Å². The van der Waals surface area contributed by atoms with E-state index >= 15 is 0 Å². The van der Waals surface area contributed by atoms with Crippen LogP contribution in [0.1, 0.15) is 42.6 Å². The lowest BCUT2D eigenvalue weighted by atomic mass is 10.1. The first-order chi connectivity index (χ1) is 9.58. The fourth-order valence-electron chi connectivity index (χ4n) is 2.69. The molecule has 106 valence electrons. The van der Waals surface area contributed by atoms with Gasteiger partial charge >= 0.3 is 0 Å². The molecule has 2 aromatic rings. The van der Waals surface area contributed by atoms with Crippen molar-refractivity contribution in [3.8, 4) is 0 Å². The Bertz CT molecular complexity index is 664. The second-order valence-corrected chi connectivity index (χ2v) is 5.92. The Morgan fingerprint density at radius 3 is 3.05 bits per heavy atom. The number of piperidine rings is 1. The van der Waals surface area contributed by atoms with Gasteiger partial charge in [-0.3, -0.25) is 9.36 Å². The van der Waals surface area contributed by atoms with E-state index in [4.69, 9.17) is 11.6 Å². The predicted molar refractivity (Wildman–Crippen MR) is 77.8 cm³/mol. The number of carbonyl (C=O) groups excluding carboxylic acids is 1. The number of nitrogens with one attached hydrogen (secondary N) is 1. The van der Waals surface area contributed by atoms with Crippen LogP contribution in [0, 0.1) is 6.92 Å². The van der Waals surface area contributed by atoms with E-state index in [2.05, 4.69) is 15.3 Å². The molecule has 0 radical (unpaired) electrons. The van der Waals surface area contributed by atoms with Gasteiger partial charge in [-0.2, -0.15) is 0 Å². The minimum Gasteiger partial charge on any atom is -0.354 e. The highest BCUT2D eigenvalue weighted by atomic mass is 35.5. The van der Waals surface area contributed by atoms with Crippen LogP contribution >= 0.6 is 11.6 Å². The molecule has 1 amide bonds. The maximum absolute atomic E-state index is 12.1. The summed E-state index contributed by atoms with van der Waals surface area (Å²) >= 11 is 6.24. The molecule has 2 unspecified atom stereocenters. The molecular formula is C14H17ClN4O. The molecule has 20 heavy (non-hydrogen) atoms. The number of carbonyl (C=O) groups is 1. The van der Waals surface area contributed by atoms with E-state index in [1.807, 2.05) is 24.5 Å². The summed E-state index contributed by atoms with van der Waals surface area (Å²) in [5.74, 6) is 0.735. The Hall–Kier alpha value is -1.62. The number of pyridine rings is 1. The van der Waals surface area contributed by atoms with Crippen LogP contribution in [0.5, 0.6) is 0 Å². The Balaban J connectivity index is 2.20. The van der Waals surface area contributed by atoms with Gasteiger partial charge in [0.05, 0.1) is 5.38 Å². The number of hydrogen-bond donors (Lipinski definition) is 1. The number of halogens is 1. The van der Waals surface area contributed by atoms with E-state index in [1.54, 1.807) is 6.20 Å². The van der Waals surface area contributed by atoms with Crippen molar-refractivity contribution in [1.82, 2.24) is 19.9 Å². The molecule has 0 aromatic carbocycles. The van der Waals surface area contributed by atoms with Crippen LogP contribution in [0.2, 0.25) is 0 Å². The number of alkyl halides is 1. The minimum absolute atomic E-state index is 0.0245. The average Bonchev–Trinajstić information content (AvgIpc) is 2.78. The lowest BCUT2D eigenvalue weighted by molar-refractivity contribution is -0.125. The predicted octanol–water partition coefficient (Wildman–Crippen LogP) is 2.49. The summed E-state index contributed by atoms with van der Waals surface area (Å²) in [6, 6.07) is 1.71. The molecule has 0 aliphatic carbocycles. The summed E-state index contributed by atoms with van der Waals surface area (Å²) in [5, 5.41) is 2.64. The number of rotatable bonds is 2. The molecule has 5 nitrogen and oxygen atoms in total. The van der Waals surface area contributed by atoms with Gasteiger partial charge in [0, 0.05) is 12.7 Å². The first-order valence-electron chi connectivity index (χ1n) is 6.84. The number of nitrogens with zero attached hydrogens (tertiary/aromatic N) is 3. The van der Waals surface area contributed by atoms with Crippen LogP contribution in [0.4, 0.5) is 0 Å². The van der Waals surface area contributed by atoms with Crippen molar-refractivity contribution in [3.63, 3.8) is 0 Å². The Morgan fingerprint density at radius 2 is 2.35 bits per heavy atom. The van der Waals surface area contributed by atoms with Gasteiger partial charge in [0.2, 0.25) is 5.91 Å². The maximum atomic E-state index is 12.1. The summed E-state index contributed by atoms with van der Waals surface area (Å²) in [4.78, 5) is 21.2. The third-order valence-corrected chi connectivity index (χ3v) is 3.81. The maximum Gasteiger partial charge on any atom is 0.243 e. The summed E-state index contributed by atoms with van der Waals surface area (Å²) in [6.45, 7) is 4.58. The number of hydrogen-bond acceptors (Lipinski definition) is 3. The van der Waals surface area contributed by atoms with Crippen LogP contribution in [0.3, 0.4) is 0 Å². The lowest BCUT2D eigenvalue weighted by Gasteiger charge is -2.25. The van der Waals surface area contributed by atoms with E-state index in [-0.39, 0.29) is 17.3 Å². The van der Waals surface area contributed by atoms with Crippen LogP contribution in [0.25, 0.3) is 11.2 Å². The highest BCUT2D eigenvalue weighted by Gasteiger charge is 2.29. The topological polar surface area (TPSA) is 59.8 Å². The Morgan fingerprint density at radius 1 is 1.55 bits per heavy atom. The first kappa shape index (κ1) is 13.4. The van der Waals surface area contributed by atoms with Crippen molar-refractivity contribution in [2.75, 3.05) is 6.54 Å². The van der Waals surface area contributed by atoms with Crippen molar-refractivity contribution in [1.29, 1.82) is 0 Å². The smallest absolute Gasteiger partial charge is 0.243 e. The summed E-state index contributed by atoms with van der Waals surface area (Å²) in [5.41, 5.74) is 2.58. The van der Waals surface area contributed by atoms with Gasteiger partial charge in [-0.15, -0.1) is 11.6 Å². The van der Waals surface area contributed by atoms with Crippen molar-refractivity contribution >= 4 is 28.7 Å². The van der Waals surface area contributed by atoms with E-state index in [0.29, 0.717) is 5.82 Å². The van der Waals surface area contributed by atoms with Crippen LogP contribution in [0.15, 0.2) is 12.3 Å². The summed E-state index contributed by atoms with van der Waals surface area (Å²) in [6.07, 6.45) is 3.55. The molecule has 3 rings (SSSR count). The normalized spacial score (nSPS) is 20.9. The SMILES string of the molecule is Cc1cnc2c(c1)nc(C(C)Cl)n2C1CCCNC1=O. The third kappa shape index (κ3) is 2.16. The fourth-order valence-corrected chi connectivity index (χ4v) is 2.84. The average molecular weight is 293 g/mol. The highest BCUT2D eigenvalue weighted by Crippen LogP contribution is 2.30. The quantitative estimate of drug-likeness (QED) is 0.865. The van der Waals surface area contributed by atoms with Gasteiger partial charge in [-0.05, 0) is 38.3 Å². The Kier molecular flexibility index (Phi) is 3.38. The van der Waals surface area contributed by atoms with Crippen molar-refractivity contribution in [3.05, 3.63) is 23.7 Å². The molecule has 6 heteroatoms. The number of aryl methyl sites for hydroxylation is 1. The van der Waals surface area contributed by atoms with E-state index in [1.165, 1.54) is 0 Å². The van der Waals surface area contributed by atoms with Crippen molar-refractivity contribution < 1.29 is 4.79 Å². The van der Waals surface area contributed by atoms with Gasteiger partial charge in [-0.25, -0.2) is 9.97 Å². The molecule has 1 fully saturated rings. The number of amides is 1. The van der Waals surface area contributed by atoms with Gasteiger partial charge in [0.25, 0.3) is 0 Å². The largest absolute Gasteiger partial charge is 0.354 e. The molecule has 0 bridgehead atoms. The van der Waals surface area contributed by atoms with Gasteiger partial charge in [-0.1, -0.05) is 0 Å². The molecule has 3 heterocycles. The monoisotopic (exact) mass is 292 g/mol. The first-order valence-corrected chi connectivity index (χ1v) is 7.28. The van der Waals surface area contributed by atoms with Crippen molar-refractivity contribution in [2.45, 2.75) is 38.1 Å². The molecule has 2 aromatic heterocycles. The molecule has 1 saturated heterocycles. The van der Waals surface area contributed by atoms with Gasteiger partial charge in [0.1, 0.15) is 17.4 Å². The van der Waals surface area contributed by atoms with Crippen LogP contribution in [-0.2, 0) is 4.79 Å². The molecule has 0 saturated carbocycles. The molecule has 1 aliphatic heterocycles. The van der Waals surface area contributed by atoms with E-state index in [0.717, 1.165) is 36.1 Å². The third-order valence-electron chi connectivity index (χ3n) is 3.62. The summed E-state index contributed by atoms with van der Waals surface area (Å²) in [7, 11) is 0. The zero-order valence-electron chi connectivity index (χ0n) is 11.6. The molecule has 0 spiro atoms. The van der Waals surface area contributed by atoms with Crippen LogP contribution < -0.4 is 5.32 Å². The fraction of sp³-hybridized carbons (Fsp3) is 0.500. The molecule has 2 atom stereocenters. The summed E-state index contributed by atoms with van der Waals surface area (Å²) < 4.78 is 1.90. The van der Waals surface area contributed by atoms with E-state index < -0.39 is 0 Å². The van der Waals surface area contributed by atoms with Crippen LogP contribution in [-0.4, -0.2) is 27.0 Å². The molecule has 1 aliphatic rings. The lowest BCUT2D eigenvalue weighted by Crippen LogP contribution is -2.38. The van der Waals surface area contributed by atoms with Gasteiger partial charge < -0.3 is 5.32 Å². The van der Waals surface area contributed by atoms with E-state index in [9.17, 15) is 4.79 Å².